The van der Waals surface area contributed by atoms with E-state index < -0.39 is 0 Å². The SMILES string of the molecule is COc1ccccc1C1(C#N)CCC1C. The fourth-order valence-corrected chi connectivity index (χ4v) is 2.36. The van der Waals surface area contributed by atoms with Crippen LogP contribution < -0.4 is 4.74 Å². The van der Waals surface area contributed by atoms with Crippen molar-refractivity contribution in [2.24, 2.45) is 5.92 Å². The Balaban J connectivity index is 2.49. The molecule has 15 heavy (non-hydrogen) atoms. The first-order chi connectivity index (χ1) is 7.24. The lowest BCUT2D eigenvalue weighted by Crippen LogP contribution is -2.41. The van der Waals surface area contributed by atoms with Crippen molar-refractivity contribution in [2.45, 2.75) is 25.2 Å². The van der Waals surface area contributed by atoms with Crippen LogP contribution in [0.1, 0.15) is 25.3 Å². The lowest BCUT2D eigenvalue weighted by molar-refractivity contribution is 0.196. The predicted molar refractivity (Wildman–Crippen MR) is 58.7 cm³/mol. The van der Waals surface area contributed by atoms with E-state index in [1.54, 1.807) is 7.11 Å². The predicted octanol–water partition coefficient (Wildman–Crippen LogP) is 2.89. The van der Waals surface area contributed by atoms with Crippen molar-refractivity contribution < 1.29 is 4.74 Å². The summed E-state index contributed by atoms with van der Waals surface area (Å²) in [6.07, 6.45) is 2.08. The molecule has 2 nitrogen and oxygen atoms in total. The van der Waals surface area contributed by atoms with Crippen LogP contribution in [0.25, 0.3) is 0 Å². The monoisotopic (exact) mass is 201 g/mol. The van der Waals surface area contributed by atoms with Crippen molar-refractivity contribution in [3.63, 3.8) is 0 Å². The number of nitriles is 1. The maximum absolute atomic E-state index is 9.37. The standard InChI is InChI=1S/C13H15NO/c1-10-7-8-13(10,9-14)11-5-3-4-6-12(11)15-2/h3-6,10H,7-8H2,1-2H3. The maximum atomic E-state index is 9.37. The highest BCUT2D eigenvalue weighted by Gasteiger charge is 2.47. The summed E-state index contributed by atoms with van der Waals surface area (Å²) in [5, 5.41) is 9.37. The third kappa shape index (κ3) is 1.31. The van der Waals surface area contributed by atoms with Gasteiger partial charge in [0, 0.05) is 5.56 Å². The molecule has 2 unspecified atom stereocenters. The number of methoxy groups -OCH3 is 1. The van der Waals surface area contributed by atoms with E-state index in [1.807, 2.05) is 24.3 Å². The first-order valence-corrected chi connectivity index (χ1v) is 5.29. The second-order valence-corrected chi connectivity index (χ2v) is 4.22. The third-order valence-electron chi connectivity index (χ3n) is 3.60. The third-order valence-corrected chi connectivity index (χ3v) is 3.60. The Hall–Kier alpha value is -1.49. The van der Waals surface area contributed by atoms with Crippen LogP contribution in [0.15, 0.2) is 24.3 Å². The second kappa shape index (κ2) is 3.58. The average molecular weight is 201 g/mol. The van der Waals surface area contributed by atoms with Crippen molar-refractivity contribution in [1.82, 2.24) is 0 Å². The topological polar surface area (TPSA) is 33.0 Å². The van der Waals surface area contributed by atoms with Crippen LogP contribution in [0.3, 0.4) is 0 Å². The molecule has 0 N–H and O–H groups in total. The summed E-state index contributed by atoms with van der Waals surface area (Å²) in [5.41, 5.74) is 0.737. The Kier molecular flexibility index (Phi) is 2.40. The lowest BCUT2D eigenvalue weighted by Gasteiger charge is -2.43. The Morgan fingerprint density at radius 1 is 1.47 bits per heavy atom. The second-order valence-electron chi connectivity index (χ2n) is 4.22. The van der Waals surface area contributed by atoms with Gasteiger partial charge in [0.2, 0.25) is 0 Å². The number of ether oxygens (including phenoxy) is 1. The quantitative estimate of drug-likeness (QED) is 0.737. The molecule has 2 atom stereocenters. The summed E-state index contributed by atoms with van der Waals surface area (Å²) < 4.78 is 5.33. The summed E-state index contributed by atoms with van der Waals surface area (Å²) in [4.78, 5) is 0. The van der Waals surface area contributed by atoms with Gasteiger partial charge in [-0.1, -0.05) is 25.1 Å². The summed E-state index contributed by atoms with van der Waals surface area (Å²) in [7, 11) is 1.66. The Morgan fingerprint density at radius 3 is 2.67 bits per heavy atom. The fraction of sp³-hybridized carbons (Fsp3) is 0.462. The van der Waals surface area contributed by atoms with Crippen LogP contribution >= 0.6 is 0 Å². The molecular formula is C13H15NO. The van der Waals surface area contributed by atoms with Gasteiger partial charge in [-0.25, -0.2) is 0 Å². The molecule has 1 aromatic carbocycles. The highest BCUT2D eigenvalue weighted by molar-refractivity contribution is 5.46. The molecule has 1 aliphatic carbocycles. The minimum atomic E-state index is -0.313. The highest BCUT2D eigenvalue weighted by Crippen LogP contribution is 2.50. The molecule has 1 aliphatic rings. The van der Waals surface area contributed by atoms with Crippen molar-refractivity contribution in [2.75, 3.05) is 7.11 Å². The zero-order valence-electron chi connectivity index (χ0n) is 9.16. The zero-order valence-corrected chi connectivity index (χ0v) is 9.16. The van der Waals surface area contributed by atoms with Crippen LogP contribution in [-0.2, 0) is 5.41 Å². The van der Waals surface area contributed by atoms with Crippen LogP contribution in [0.2, 0.25) is 0 Å². The molecule has 0 spiro atoms. The number of hydrogen-bond donors (Lipinski definition) is 0. The molecule has 1 aromatic rings. The minimum absolute atomic E-state index is 0.313. The van der Waals surface area contributed by atoms with Crippen molar-refractivity contribution >= 4 is 0 Å². The summed E-state index contributed by atoms with van der Waals surface area (Å²) >= 11 is 0. The molecular weight excluding hydrogens is 186 g/mol. The van der Waals surface area contributed by atoms with Crippen LogP contribution in [-0.4, -0.2) is 7.11 Å². The van der Waals surface area contributed by atoms with Gasteiger partial charge in [0.15, 0.2) is 0 Å². The van der Waals surface area contributed by atoms with Gasteiger partial charge < -0.3 is 4.74 Å². The van der Waals surface area contributed by atoms with Gasteiger partial charge in [0.25, 0.3) is 0 Å². The lowest BCUT2D eigenvalue weighted by atomic mass is 9.58. The van der Waals surface area contributed by atoms with E-state index in [-0.39, 0.29) is 5.41 Å². The molecule has 0 aliphatic heterocycles. The number of nitrogens with zero attached hydrogens (tertiary/aromatic N) is 1. The number of hydrogen-bond acceptors (Lipinski definition) is 2. The maximum Gasteiger partial charge on any atom is 0.123 e. The minimum Gasteiger partial charge on any atom is -0.496 e. The Morgan fingerprint density at radius 2 is 2.20 bits per heavy atom. The van der Waals surface area contributed by atoms with Gasteiger partial charge in [-0.15, -0.1) is 0 Å². The molecule has 1 saturated carbocycles. The van der Waals surface area contributed by atoms with Gasteiger partial charge in [-0.2, -0.15) is 5.26 Å². The zero-order chi connectivity index (χ0) is 10.9. The smallest absolute Gasteiger partial charge is 0.123 e. The van der Waals surface area contributed by atoms with Crippen molar-refractivity contribution in [3.8, 4) is 11.8 Å². The van der Waals surface area contributed by atoms with E-state index >= 15 is 0 Å². The van der Waals surface area contributed by atoms with Crippen molar-refractivity contribution in [1.29, 1.82) is 5.26 Å². The van der Waals surface area contributed by atoms with Crippen LogP contribution in [0.5, 0.6) is 5.75 Å². The van der Waals surface area contributed by atoms with Gasteiger partial charge in [0.05, 0.1) is 18.6 Å². The molecule has 1 fully saturated rings. The molecule has 2 rings (SSSR count). The Bertz CT molecular complexity index is 407. The van der Waals surface area contributed by atoms with Gasteiger partial charge in [-0.05, 0) is 24.8 Å². The van der Waals surface area contributed by atoms with E-state index in [2.05, 4.69) is 13.0 Å². The first kappa shape index (κ1) is 10.0. The van der Waals surface area contributed by atoms with Gasteiger partial charge >= 0.3 is 0 Å². The van der Waals surface area contributed by atoms with E-state index in [9.17, 15) is 5.26 Å². The largest absolute Gasteiger partial charge is 0.496 e. The fourth-order valence-electron chi connectivity index (χ4n) is 2.36. The number of para-hydroxylation sites is 1. The van der Waals surface area contributed by atoms with Crippen LogP contribution in [0.4, 0.5) is 0 Å². The summed E-state index contributed by atoms with van der Waals surface area (Å²) in [6, 6.07) is 10.3. The average Bonchev–Trinajstić information content (AvgIpc) is 2.29. The molecule has 0 aromatic heterocycles. The molecule has 0 radical (unpaired) electrons. The molecule has 78 valence electrons. The highest BCUT2D eigenvalue weighted by atomic mass is 16.5. The van der Waals surface area contributed by atoms with E-state index in [1.165, 1.54) is 0 Å². The molecule has 0 saturated heterocycles. The van der Waals surface area contributed by atoms with Gasteiger partial charge in [0.1, 0.15) is 5.75 Å². The summed E-state index contributed by atoms with van der Waals surface area (Å²) in [5.74, 6) is 1.27. The summed E-state index contributed by atoms with van der Waals surface area (Å²) in [6.45, 7) is 2.14. The van der Waals surface area contributed by atoms with Crippen LogP contribution in [0, 0.1) is 17.2 Å². The molecule has 2 heteroatoms. The van der Waals surface area contributed by atoms with E-state index in [0.29, 0.717) is 5.92 Å². The normalized spacial score (nSPS) is 29.0. The molecule has 0 amide bonds. The van der Waals surface area contributed by atoms with E-state index in [0.717, 1.165) is 24.2 Å². The van der Waals surface area contributed by atoms with Gasteiger partial charge in [-0.3, -0.25) is 0 Å². The van der Waals surface area contributed by atoms with Crippen molar-refractivity contribution in [3.05, 3.63) is 29.8 Å². The number of benzene rings is 1. The Labute approximate surface area is 90.5 Å². The number of rotatable bonds is 2. The molecule has 0 bridgehead atoms. The molecule has 0 heterocycles. The van der Waals surface area contributed by atoms with E-state index in [4.69, 9.17) is 4.74 Å². The first-order valence-electron chi connectivity index (χ1n) is 5.29.